The summed E-state index contributed by atoms with van der Waals surface area (Å²) in [7, 11) is 5.12. The molecule has 4 heterocycles. The molecule has 4 amide bonds. The minimum atomic E-state index is -0.791. The van der Waals surface area contributed by atoms with Crippen molar-refractivity contribution in [1.29, 1.82) is 5.41 Å². The van der Waals surface area contributed by atoms with Gasteiger partial charge in [-0.2, -0.15) is 0 Å². The lowest BCUT2D eigenvalue weighted by atomic mass is 10.1. The molecule has 2 aromatic rings. The summed E-state index contributed by atoms with van der Waals surface area (Å²) in [5.41, 5.74) is 0.864. The smallest absolute Gasteiger partial charge is 0.322 e. The average molecular weight is 527 g/mol. The Morgan fingerprint density at radius 1 is 1.13 bits per heavy atom. The molecule has 11 nitrogen and oxygen atoms in total. The van der Waals surface area contributed by atoms with Gasteiger partial charge in [0.15, 0.2) is 17.6 Å². The Labute approximate surface area is 219 Å². The van der Waals surface area contributed by atoms with Gasteiger partial charge in [-0.25, -0.2) is 9.18 Å². The van der Waals surface area contributed by atoms with Crippen molar-refractivity contribution < 1.29 is 27.9 Å². The number of furan rings is 1. The fourth-order valence-corrected chi connectivity index (χ4v) is 4.42. The highest BCUT2D eigenvalue weighted by molar-refractivity contribution is 6.04. The number of urea groups is 1. The van der Waals surface area contributed by atoms with Crippen LogP contribution in [-0.4, -0.2) is 85.8 Å². The highest BCUT2D eigenvalue weighted by Crippen LogP contribution is 2.29. The molecule has 0 spiro atoms. The molecule has 38 heavy (non-hydrogen) atoms. The first kappa shape index (κ1) is 26.9. The van der Waals surface area contributed by atoms with Crippen LogP contribution in [0.4, 0.5) is 9.18 Å². The maximum atomic E-state index is 13.6. The van der Waals surface area contributed by atoms with E-state index in [9.17, 15) is 18.8 Å². The molecule has 1 atom stereocenters. The standard InChI is InChI=1S/C16H21N5O3.C10H10FNO2/c1-20-7-2-8-21(10-9-20)13(17)6-4-11-3-5-12(24-11)14-15(22)19-16(23)18-14;1-12-5-6-3-4-7(14-2)9(11)8(6)10(12)13/h3-6,14,17H,2,7-10H2,1H3,(H2,18,19,22,23);3-4H,5H2,1-2H3/b6-4-,17-13?;. The van der Waals surface area contributed by atoms with Crippen molar-refractivity contribution >= 4 is 29.8 Å². The number of ether oxygens (including phenoxy) is 1. The second kappa shape index (κ2) is 11.5. The van der Waals surface area contributed by atoms with Gasteiger partial charge >= 0.3 is 6.03 Å². The van der Waals surface area contributed by atoms with Gasteiger partial charge in [-0.15, -0.1) is 0 Å². The van der Waals surface area contributed by atoms with Gasteiger partial charge in [0.25, 0.3) is 11.8 Å². The first-order chi connectivity index (χ1) is 18.2. The predicted molar refractivity (Wildman–Crippen MR) is 137 cm³/mol. The highest BCUT2D eigenvalue weighted by atomic mass is 19.1. The van der Waals surface area contributed by atoms with Gasteiger partial charge in [0, 0.05) is 33.2 Å². The number of fused-ring (bicyclic) bond motifs is 1. The molecule has 1 unspecified atom stereocenters. The number of benzene rings is 1. The molecule has 0 radical (unpaired) electrons. The second-order valence-corrected chi connectivity index (χ2v) is 9.28. The molecule has 3 N–H and O–H groups in total. The van der Waals surface area contributed by atoms with Crippen molar-refractivity contribution in [3.63, 3.8) is 0 Å². The van der Waals surface area contributed by atoms with Crippen LogP contribution in [0.2, 0.25) is 0 Å². The summed E-state index contributed by atoms with van der Waals surface area (Å²) in [6, 6.07) is 5.32. The molecule has 0 bridgehead atoms. The molecule has 2 fully saturated rings. The van der Waals surface area contributed by atoms with Crippen LogP contribution in [0.25, 0.3) is 6.08 Å². The van der Waals surface area contributed by atoms with Crippen molar-refractivity contribution in [2.45, 2.75) is 19.0 Å². The summed E-state index contributed by atoms with van der Waals surface area (Å²) in [6.07, 6.45) is 4.43. The summed E-state index contributed by atoms with van der Waals surface area (Å²) >= 11 is 0. The maximum absolute atomic E-state index is 13.6. The zero-order valence-corrected chi connectivity index (χ0v) is 21.5. The monoisotopic (exact) mass is 526 g/mol. The zero-order valence-electron chi connectivity index (χ0n) is 21.5. The normalized spacial score (nSPS) is 19.6. The van der Waals surface area contributed by atoms with Crippen molar-refractivity contribution in [2.75, 3.05) is 47.4 Å². The third-order valence-electron chi connectivity index (χ3n) is 6.55. The summed E-state index contributed by atoms with van der Waals surface area (Å²) in [5.74, 6) is 0.209. The Balaban J connectivity index is 0.000000204. The molecule has 1 aromatic carbocycles. The minimum absolute atomic E-state index is 0.118. The van der Waals surface area contributed by atoms with Crippen LogP contribution in [0.1, 0.15) is 39.9 Å². The molecule has 202 valence electrons. The topological polar surface area (TPSA) is 131 Å². The molecule has 0 aliphatic carbocycles. The van der Waals surface area contributed by atoms with Crippen LogP contribution in [0, 0.1) is 11.2 Å². The van der Waals surface area contributed by atoms with E-state index in [1.165, 1.54) is 12.0 Å². The SMILES string of the molecule is CN1CCCN(C(=N)/C=C\c2ccc(C3NC(=O)NC3=O)o2)CC1.COc1ccc2c(c1F)C(=O)N(C)C2. The number of hydrogen-bond acceptors (Lipinski definition) is 7. The van der Waals surface area contributed by atoms with Gasteiger partial charge in [0.2, 0.25) is 0 Å². The van der Waals surface area contributed by atoms with Crippen molar-refractivity contribution in [1.82, 2.24) is 25.3 Å². The highest BCUT2D eigenvalue weighted by Gasteiger charge is 2.33. The van der Waals surface area contributed by atoms with E-state index >= 15 is 0 Å². The zero-order chi connectivity index (χ0) is 27.4. The number of halogens is 1. The van der Waals surface area contributed by atoms with Crippen molar-refractivity contribution in [3.05, 3.63) is 58.8 Å². The molecule has 12 heteroatoms. The lowest BCUT2D eigenvalue weighted by Crippen LogP contribution is -2.32. The van der Waals surface area contributed by atoms with E-state index in [1.807, 2.05) is 4.90 Å². The predicted octanol–water partition coefficient (Wildman–Crippen LogP) is 2.21. The number of likely N-dealkylation sites (N-methyl/N-ethyl adjacent to an activating group) is 1. The van der Waals surface area contributed by atoms with Gasteiger partial charge < -0.3 is 29.2 Å². The Bertz CT molecular complexity index is 1270. The van der Waals surface area contributed by atoms with Gasteiger partial charge in [0.1, 0.15) is 17.4 Å². The summed E-state index contributed by atoms with van der Waals surface area (Å²) < 4.78 is 24.0. The van der Waals surface area contributed by atoms with Crippen LogP contribution in [-0.2, 0) is 11.3 Å². The number of carbonyl (C=O) groups excluding carboxylic acids is 3. The fraction of sp³-hybridized carbons (Fsp3) is 0.385. The molecule has 1 aromatic heterocycles. The fourth-order valence-electron chi connectivity index (χ4n) is 4.42. The molecular formula is C26H31FN6O5. The minimum Gasteiger partial charge on any atom is -0.494 e. The number of hydrogen-bond donors (Lipinski definition) is 3. The summed E-state index contributed by atoms with van der Waals surface area (Å²) in [6.45, 7) is 4.15. The Kier molecular flexibility index (Phi) is 8.10. The number of amidine groups is 1. The Morgan fingerprint density at radius 3 is 2.63 bits per heavy atom. The average Bonchev–Trinajstić information content (AvgIpc) is 3.52. The van der Waals surface area contributed by atoms with Crippen LogP contribution in [0.15, 0.2) is 34.8 Å². The molecule has 0 saturated carbocycles. The van der Waals surface area contributed by atoms with Gasteiger partial charge in [-0.3, -0.25) is 20.3 Å². The summed E-state index contributed by atoms with van der Waals surface area (Å²) in [5, 5.41) is 12.8. The van der Waals surface area contributed by atoms with E-state index in [0.717, 1.165) is 38.2 Å². The third kappa shape index (κ3) is 5.86. The van der Waals surface area contributed by atoms with Crippen LogP contribution >= 0.6 is 0 Å². The van der Waals surface area contributed by atoms with E-state index in [0.29, 0.717) is 23.9 Å². The van der Waals surface area contributed by atoms with E-state index < -0.39 is 23.8 Å². The first-order valence-electron chi connectivity index (χ1n) is 12.2. The number of amides is 4. The van der Waals surface area contributed by atoms with E-state index in [2.05, 4.69) is 22.6 Å². The van der Waals surface area contributed by atoms with Crippen LogP contribution in [0.3, 0.4) is 0 Å². The largest absolute Gasteiger partial charge is 0.494 e. The quantitative estimate of drug-likeness (QED) is 0.316. The maximum Gasteiger partial charge on any atom is 0.322 e. The number of rotatable bonds is 4. The van der Waals surface area contributed by atoms with Crippen molar-refractivity contribution in [3.8, 4) is 5.75 Å². The molecule has 2 saturated heterocycles. The second-order valence-electron chi connectivity index (χ2n) is 9.28. The van der Waals surface area contributed by atoms with Crippen LogP contribution in [0.5, 0.6) is 5.75 Å². The van der Waals surface area contributed by atoms with Crippen molar-refractivity contribution in [2.24, 2.45) is 0 Å². The van der Waals surface area contributed by atoms with Crippen LogP contribution < -0.4 is 15.4 Å². The molecule has 5 rings (SSSR count). The number of methoxy groups -OCH3 is 1. The number of nitrogens with zero attached hydrogens (tertiary/aromatic N) is 3. The molecule has 3 aliphatic heterocycles. The number of nitrogens with one attached hydrogen (secondary N) is 3. The lowest BCUT2D eigenvalue weighted by Gasteiger charge is -2.21. The van der Waals surface area contributed by atoms with E-state index in [4.69, 9.17) is 14.6 Å². The van der Waals surface area contributed by atoms with E-state index in [-0.39, 0.29) is 17.2 Å². The molecule has 3 aliphatic rings. The Morgan fingerprint density at radius 2 is 1.92 bits per heavy atom. The third-order valence-corrected chi connectivity index (χ3v) is 6.55. The van der Waals surface area contributed by atoms with Gasteiger partial charge in [-0.05, 0) is 55.9 Å². The van der Waals surface area contributed by atoms with E-state index in [1.54, 1.807) is 43.5 Å². The first-order valence-corrected chi connectivity index (χ1v) is 12.2. The van der Waals surface area contributed by atoms with Gasteiger partial charge in [0.05, 0.1) is 12.7 Å². The molecular weight excluding hydrogens is 495 g/mol. The lowest BCUT2D eigenvalue weighted by molar-refractivity contribution is -0.120. The summed E-state index contributed by atoms with van der Waals surface area (Å²) in [4.78, 5) is 40.1. The number of imide groups is 1. The number of carbonyl (C=O) groups is 3. The Hall–Kier alpha value is -4.19. The van der Waals surface area contributed by atoms with Gasteiger partial charge in [-0.1, -0.05) is 6.07 Å².